The molecule has 5 nitrogen and oxygen atoms in total. The van der Waals surface area contributed by atoms with Gasteiger partial charge in [-0.1, -0.05) is 79.7 Å². The number of carbonyl (C=O) groups is 2. The number of benzene rings is 3. The lowest BCUT2D eigenvalue weighted by atomic mass is 10.0. The molecule has 2 atom stereocenters. The van der Waals surface area contributed by atoms with E-state index in [2.05, 4.69) is 38.2 Å². The fourth-order valence-electron chi connectivity index (χ4n) is 4.32. The van der Waals surface area contributed by atoms with E-state index in [1.165, 1.54) is 11.8 Å². The van der Waals surface area contributed by atoms with Crippen LogP contribution in [0.1, 0.15) is 45.6 Å². The number of nitrogens with one attached hydrogen (secondary N) is 1. The molecule has 0 radical (unpaired) electrons. The highest BCUT2D eigenvalue weighted by molar-refractivity contribution is 8.15. The van der Waals surface area contributed by atoms with E-state index < -0.39 is 5.25 Å². The van der Waals surface area contributed by atoms with Crippen molar-refractivity contribution < 1.29 is 9.59 Å². The molecule has 1 saturated heterocycles. The summed E-state index contributed by atoms with van der Waals surface area (Å²) in [5.74, 6) is 0.263. The van der Waals surface area contributed by atoms with Gasteiger partial charge in [0.15, 0.2) is 5.17 Å². The maximum absolute atomic E-state index is 13.6. The molecule has 1 aliphatic rings. The Morgan fingerprint density at radius 2 is 1.78 bits per heavy atom. The van der Waals surface area contributed by atoms with Crippen molar-refractivity contribution in [1.82, 2.24) is 4.90 Å². The van der Waals surface area contributed by atoms with Crippen molar-refractivity contribution >= 4 is 62.5 Å². The van der Waals surface area contributed by atoms with E-state index in [1.54, 1.807) is 17.0 Å². The van der Waals surface area contributed by atoms with Crippen LogP contribution in [0.15, 0.2) is 65.7 Å². The molecular formula is C29H32ClN3O2S. The zero-order valence-corrected chi connectivity index (χ0v) is 22.7. The van der Waals surface area contributed by atoms with Crippen LogP contribution in [-0.4, -0.2) is 33.2 Å². The Morgan fingerprint density at radius 3 is 2.56 bits per heavy atom. The van der Waals surface area contributed by atoms with Crippen molar-refractivity contribution in [3.05, 3.63) is 71.2 Å². The van der Waals surface area contributed by atoms with Gasteiger partial charge < -0.3 is 5.32 Å². The number of hydrogen-bond acceptors (Lipinski definition) is 4. The van der Waals surface area contributed by atoms with Gasteiger partial charge in [-0.05, 0) is 61.8 Å². The normalized spacial score (nSPS) is 17.8. The second-order valence-corrected chi connectivity index (χ2v) is 11.3. The van der Waals surface area contributed by atoms with Crippen molar-refractivity contribution in [3.63, 3.8) is 0 Å². The van der Waals surface area contributed by atoms with Gasteiger partial charge in [-0.15, -0.1) is 0 Å². The number of fused-ring (bicyclic) bond motifs is 1. The molecule has 2 unspecified atom stereocenters. The fourth-order valence-corrected chi connectivity index (χ4v) is 5.74. The SMILES string of the molecule is Cc1c(Cl)cccc1NC(=O)CC1SC(=Nc2cccc3ccccc23)N(C(C)CCC(C)C)C1=O. The molecule has 2 amide bonds. The highest BCUT2D eigenvalue weighted by Gasteiger charge is 2.41. The molecule has 0 bridgehead atoms. The van der Waals surface area contributed by atoms with Crippen molar-refractivity contribution in [2.45, 2.75) is 58.2 Å². The van der Waals surface area contributed by atoms with Crippen molar-refractivity contribution in [2.24, 2.45) is 10.9 Å². The Morgan fingerprint density at radius 1 is 1.06 bits per heavy atom. The van der Waals surface area contributed by atoms with E-state index >= 15 is 0 Å². The monoisotopic (exact) mass is 521 g/mol. The Kier molecular flexibility index (Phi) is 8.37. The van der Waals surface area contributed by atoms with Crippen LogP contribution in [0.4, 0.5) is 11.4 Å². The van der Waals surface area contributed by atoms with Gasteiger partial charge in [0.25, 0.3) is 0 Å². The van der Waals surface area contributed by atoms with E-state index in [0.717, 1.165) is 34.9 Å². The van der Waals surface area contributed by atoms with Gasteiger partial charge in [0.1, 0.15) is 5.25 Å². The predicted octanol–water partition coefficient (Wildman–Crippen LogP) is 7.59. The average molecular weight is 522 g/mol. The molecule has 0 saturated carbocycles. The molecule has 1 aliphatic heterocycles. The predicted molar refractivity (Wildman–Crippen MR) is 152 cm³/mol. The summed E-state index contributed by atoms with van der Waals surface area (Å²) in [4.78, 5) is 33.3. The zero-order chi connectivity index (χ0) is 25.8. The molecule has 1 N–H and O–H groups in total. The quantitative estimate of drug-likeness (QED) is 0.332. The summed E-state index contributed by atoms with van der Waals surface area (Å²) in [5, 5.41) is 5.78. The van der Waals surface area contributed by atoms with Crippen LogP contribution in [0.2, 0.25) is 5.02 Å². The number of hydrogen-bond donors (Lipinski definition) is 1. The number of anilines is 1. The number of amidine groups is 1. The molecule has 3 aromatic rings. The molecular weight excluding hydrogens is 490 g/mol. The minimum absolute atomic E-state index is 0.00985. The first kappa shape index (κ1) is 26.2. The second-order valence-electron chi connectivity index (χ2n) is 9.69. The average Bonchev–Trinajstić information content (AvgIpc) is 3.15. The fraction of sp³-hybridized carbons (Fsp3) is 0.345. The summed E-state index contributed by atoms with van der Waals surface area (Å²) in [5.41, 5.74) is 2.29. The number of aliphatic imine (C=N–C) groups is 1. The third kappa shape index (κ3) is 5.93. The van der Waals surface area contributed by atoms with Crippen LogP contribution in [-0.2, 0) is 9.59 Å². The highest BCUT2D eigenvalue weighted by Crippen LogP contribution is 2.36. The van der Waals surface area contributed by atoms with Crippen LogP contribution in [0, 0.1) is 12.8 Å². The lowest BCUT2D eigenvalue weighted by Crippen LogP contribution is -2.40. The molecule has 36 heavy (non-hydrogen) atoms. The van der Waals surface area contributed by atoms with E-state index in [9.17, 15) is 9.59 Å². The minimum Gasteiger partial charge on any atom is -0.326 e. The van der Waals surface area contributed by atoms with Gasteiger partial charge in [-0.2, -0.15) is 0 Å². The Bertz CT molecular complexity index is 1300. The standard InChI is InChI=1S/C29H32ClN3O2S/c1-18(2)15-16-19(3)33-28(35)26(17-27(34)31-24-13-8-12-23(30)20(24)4)36-29(33)32-25-14-7-10-21-9-5-6-11-22(21)25/h5-14,18-19,26H,15-17H2,1-4H3,(H,31,34). The highest BCUT2D eigenvalue weighted by atomic mass is 35.5. The van der Waals surface area contributed by atoms with E-state index in [1.807, 2.05) is 43.3 Å². The smallest absolute Gasteiger partial charge is 0.242 e. The van der Waals surface area contributed by atoms with Gasteiger partial charge in [0.2, 0.25) is 11.8 Å². The van der Waals surface area contributed by atoms with Gasteiger partial charge in [-0.25, -0.2) is 4.99 Å². The van der Waals surface area contributed by atoms with Gasteiger partial charge in [0.05, 0.1) is 5.69 Å². The number of nitrogens with zero attached hydrogens (tertiary/aromatic N) is 2. The third-order valence-corrected chi connectivity index (χ3v) is 8.03. The summed E-state index contributed by atoms with van der Waals surface area (Å²) in [6.45, 7) is 8.30. The third-order valence-electron chi connectivity index (χ3n) is 6.46. The van der Waals surface area contributed by atoms with Gasteiger partial charge in [-0.3, -0.25) is 14.5 Å². The molecule has 1 heterocycles. The van der Waals surface area contributed by atoms with Gasteiger partial charge >= 0.3 is 0 Å². The maximum atomic E-state index is 13.6. The first-order valence-corrected chi connectivity index (χ1v) is 13.6. The minimum atomic E-state index is -0.528. The topological polar surface area (TPSA) is 61.8 Å². The van der Waals surface area contributed by atoms with Crippen molar-refractivity contribution in [3.8, 4) is 0 Å². The first-order valence-electron chi connectivity index (χ1n) is 12.4. The molecule has 0 aliphatic carbocycles. The molecule has 0 aromatic heterocycles. The Labute approximate surface area is 222 Å². The Balaban J connectivity index is 1.60. The van der Waals surface area contributed by atoms with Crippen molar-refractivity contribution in [2.75, 3.05) is 5.32 Å². The summed E-state index contributed by atoms with van der Waals surface area (Å²) in [6.07, 6.45) is 1.95. The molecule has 0 spiro atoms. The molecule has 188 valence electrons. The number of halogens is 1. The molecule has 1 fully saturated rings. The van der Waals surface area contributed by atoms with Crippen molar-refractivity contribution in [1.29, 1.82) is 0 Å². The van der Waals surface area contributed by atoms with E-state index in [4.69, 9.17) is 16.6 Å². The number of amides is 2. The number of thioether (sulfide) groups is 1. The second kappa shape index (κ2) is 11.5. The summed E-state index contributed by atoms with van der Waals surface area (Å²) in [6, 6.07) is 19.5. The number of rotatable bonds is 8. The lowest BCUT2D eigenvalue weighted by Gasteiger charge is -2.25. The Hall–Kier alpha value is -2.83. The lowest BCUT2D eigenvalue weighted by molar-refractivity contribution is -0.129. The van der Waals surface area contributed by atoms with E-state index in [0.29, 0.717) is 21.8 Å². The summed E-state index contributed by atoms with van der Waals surface area (Å²) in [7, 11) is 0. The van der Waals surface area contributed by atoms with Crippen LogP contribution in [0.25, 0.3) is 10.8 Å². The summed E-state index contributed by atoms with van der Waals surface area (Å²) >= 11 is 7.58. The maximum Gasteiger partial charge on any atom is 0.242 e. The molecule has 7 heteroatoms. The largest absolute Gasteiger partial charge is 0.326 e. The molecule has 3 aromatic carbocycles. The zero-order valence-electron chi connectivity index (χ0n) is 21.1. The summed E-state index contributed by atoms with van der Waals surface area (Å²) < 4.78 is 0. The first-order chi connectivity index (χ1) is 17.2. The van der Waals surface area contributed by atoms with Crippen LogP contribution in [0.3, 0.4) is 0 Å². The van der Waals surface area contributed by atoms with E-state index in [-0.39, 0.29) is 24.3 Å². The van der Waals surface area contributed by atoms with Gasteiger partial charge in [0, 0.05) is 28.6 Å². The van der Waals surface area contributed by atoms with Crippen LogP contribution < -0.4 is 5.32 Å². The number of carbonyl (C=O) groups excluding carboxylic acids is 2. The van der Waals surface area contributed by atoms with Crippen LogP contribution in [0.5, 0.6) is 0 Å². The molecule has 4 rings (SSSR count). The van der Waals surface area contributed by atoms with Crippen LogP contribution >= 0.6 is 23.4 Å².